The van der Waals surface area contributed by atoms with Gasteiger partial charge in [-0.3, -0.25) is 4.79 Å². The molecule has 0 aromatic carbocycles. The van der Waals surface area contributed by atoms with Gasteiger partial charge in [0.1, 0.15) is 0 Å². The number of carbonyl (C=O) groups excluding carboxylic acids is 1. The Hall–Kier alpha value is -0.530. The molecule has 0 amide bonds. The number of carbonyl (C=O) groups is 1. The molecule has 2 heteroatoms. The van der Waals surface area contributed by atoms with Crippen LogP contribution < -0.4 is 0 Å². The summed E-state index contributed by atoms with van der Waals surface area (Å²) >= 11 is 0. The normalized spacial score (nSPS) is 32.4. The summed E-state index contributed by atoms with van der Waals surface area (Å²) in [5.74, 6) is 0.203. The van der Waals surface area contributed by atoms with Gasteiger partial charge in [-0.1, -0.05) is 13.3 Å². The van der Waals surface area contributed by atoms with Crippen LogP contribution in [-0.4, -0.2) is 12.1 Å². The topological polar surface area (TPSA) is 26.3 Å². The van der Waals surface area contributed by atoms with Gasteiger partial charge in [-0.15, -0.1) is 0 Å². The van der Waals surface area contributed by atoms with Crippen molar-refractivity contribution in [2.75, 3.05) is 0 Å². The van der Waals surface area contributed by atoms with Crippen molar-refractivity contribution in [2.24, 2.45) is 5.92 Å². The highest BCUT2D eigenvalue weighted by Gasteiger charge is 2.30. The number of rotatable bonds is 2. The van der Waals surface area contributed by atoms with Crippen molar-refractivity contribution in [3.8, 4) is 0 Å². The van der Waals surface area contributed by atoms with Crippen molar-refractivity contribution in [3.63, 3.8) is 0 Å². The van der Waals surface area contributed by atoms with E-state index in [0.29, 0.717) is 0 Å². The van der Waals surface area contributed by atoms with E-state index >= 15 is 0 Å². The van der Waals surface area contributed by atoms with E-state index in [1.807, 2.05) is 6.92 Å². The molecule has 58 valence electrons. The van der Waals surface area contributed by atoms with Gasteiger partial charge in [0.2, 0.25) is 0 Å². The van der Waals surface area contributed by atoms with Crippen molar-refractivity contribution >= 4 is 5.97 Å². The van der Waals surface area contributed by atoms with Crippen molar-refractivity contribution in [2.45, 2.75) is 39.2 Å². The molecule has 2 atom stereocenters. The van der Waals surface area contributed by atoms with Crippen LogP contribution in [0.1, 0.15) is 33.1 Å². The highest BCUT2D eigenvalue weighted by molar-refractivity contribution is 5.74. The molecule has 0 aromatic rings. The minimum atomic E-state index is 0.00866. The van der Waals surface area contributed by atoms with Crippen LogP contribution in [0.3, 0.4) is 0 Å². The zero-order valence-corrected chi connectivity index (χ0v) is 6.59. The molecule has 1 unspecified atom stereocenters. The Kier molecular flexibility index (Phi) is 2.30. The number of hydrogen-bond acceptors (Lipinski definition) is 2. The van der Waals surface area contributed by atoms with E-state index in [-0.39, 0.29) is 18.0 Å². The summed E-state index contributed by atoms with van der Waals surface area (Å²) in [6.45, 7) is 4.05. The summed E-state index contributed by atoms with van der Waals surface area (Å²) in [7, 11) is 0. The minimum Gasteiger partial charge on any atom is -0.462 e. The average Bonchev–Trinajstić information content (AvgIpc) is 2.13. The number of esters is 1. The van der Waals surface area contributed by atoms with Crippen LogP contribution in [0, 0.1) is 5.92 Å². The van der Waals surface area contributed by atoms with E-state index in [1.165, 1.54) is 0 Å². The Balaban J connectivity index is 2.39. The maximum Gasteiger partial charge on any atom is 0.309 e. The third kappa shape index (κ3) is 1.49. The summed E-state index contributed by atoms with van der Waals surface area (Å²) in [4.78, 5) is 11.0. The van der Waals surface area contributed by atoms with Crippen molar-refractivity contribution in [1.82, 2.24) is 0 Å². The van der Waals surface area contributed by atoms with Crippen molar-refractivity contribution in [1.29, 1.82) is 0 Å². The van der Waals surface area contributed by atoms with Crippen LogP contribution in [0.5, 0.6) is 0 Å². The van der Waals surface area contributed by atoms with E-state index < -0.39 is 0 Å². The molecular formula is C8H14O2. The molecular weight excluding hydrogens is 128 g/mol. The molecule has 0 spiro atoms. The summed E-state index contributed by atoms with van der Waals surface area (Å²) < 4.78 is 4.99. The second-order valence-corrected chi connectivity index (χ2v) is 2.97. The highest BCUT2D eigenvalue weighted by Crippen LogP contribution is 2.24. The van der Waals surface area contributed by atoms with Crippen LogP contribution in [0.25, 0.3) is 0 Å². The first-order valence-electron chi connectivity index (χ1n) is 3.94. The van der Waals surface area contributed by atoms with E-state index in [0.717, 1.165) is 19.3 Å². The van der Waals surface area contributed by atoms with Gasteiger partial charge in [-0.2, -0.15) is 0 Å². The Morgan fingerprint density at radius 2 is 2.40 bits per heavy atom. The lowest BCUT2D eigenvalue weighted by molar-refractivity contribution is -0.143. The van der Waals surface area contributed by atoms with Gasteiger partial charge < -0.3 is 4.74 Å². The summed E-state index contributed by atoms with van der Waals surface area (Å²) in [6.07, 6.45) is 3.14. The second kappa shape index (κ2) is 3.04. The first-order valence-corrected chi connectivity index (χ1v) is 3.94. The second-order valence-electron chi connectivity index (χ2n) is 2.97. The Bertz CT molecular complexity index is 131. The van der Waals surface area contributed by atoms with Crippen LogP contribution in [0.15, 0.2) is 0 Å². The highest BCUT2D eigenvalue weighted by atomic mass is 16.5. The van der Waals surface area contributed by atoms with Crippen molar-refractivity contribution < 1.29 is 9.53 Å². The SMILES string of the molecule is CCCC1C[C@H](C)OC1=O. The fourth-order valence-electron chi connectivity index (χ4n) is 1.42. The smallest absolute Gasteiger partial charge is 0.309 e. The summed E-state index contributed by atoms with van der Waals surface area (Å²) in [5.41, 5.74) is 0. The molecule has 0 radical (unpaired) electrons. The minimum absolute atomic E-state index is 0.00866. The lowest BCUT2D eigenvalue weighted by Crippen LogP contribution is -2.06. The Morgan fingerprint density at radius 1 is 1.70 bits per heavy atom. The first-order chi connectivity index (χ1) is 4.74. The molecule has 10 heavy (non-hydrogen) atoms. The van der Waals surface area contributed by atoms with E-state index in [1.54, 1.807) is 0 Å². The zero-order chi connectivity index (χ0) is 7.56. The maximum atomic E-state index is 11.0. The van der Waals surface area contributed by atoms with Gasteiger partial charge in [0, 0.05) is 0 Å². The van der Waals surface area contributed by atoms with E-state index in [9.17, 15) is 4.79 Å². The predicted molar refractivity (Wildman–Crippen MR) is 38.6 cm³/mol. The molecule has 1 aliphatic heterocycles. The van der Waals surface area contributed by atoms with Gasteiger partial charge in [0.05, 0.1) is 12.0 Å². The van der Waals surface area contributed by atoms with Crippen LogP contribution in [0.4, 0.5) is 0 Å². The Morgan fingerprint density at radius 3 is 2.80 bits per heavy atom. The lowest BCUT2D eigenvalue weighted by Gasteiger charge is -1.99. The molecule has 0 aromatic heterocycles. The molecule has 0 N–H and O–H groups in total. The maximum absolute atomic E-state index is 11.0. The molecule has 0 saturated carbocycles. The van der Waals surface area contributed by atoms with Gasteiger partial charge >= 0.3 is 5.97 Å². The van der Waals surface area contributed by atoms with Gasteiger partial charge in [0.15, 0.2) is 0 Å². The molecule has 1 heterocycles. The number of cyclic esters (lactones) is 1. The number of ether oxygens (including phenoxy) is 1. The van der Waals surface area contributed by atoms with Crippen LogP contribution in [0.2, 0.25) is 0 Å². The quantitative estimate of drug-likeness (QED) is 0.549. The lowest BCUT2D eigenvalue weighted by atomic mass is 10.0. The monoisotopic (exact) mass is 142 g/mol. The summed E-state index contributed by atoms with van der Waals surface area (Å²) in [5, 5.41) is 0. The molecule has 1 rings (SSSR count). The first kappa shape index (κ1) is 7.58. The third-order valence-electron chi connectivity index (χ3n) is 1.90. The summed E-state index contributed by atoms with van der Waals surface area (Å²) in [6, 6.07) is 0. The van der Waals surface area contributed by atoms with Gasteiger partial charge in [-0.25, -0.2) is 0 Å². The average molecular weight is 142 g/mol. The zero-order valence-electron chi connectivity index (χ0n) is 6.59. The predicted octanol–water partition coefficient (Wildman–Crippen LogP) is 1.74. The number of hydrogen-bond donors (Lipinski definition) is 0. The van der Waals surface area contributed by atoms with E-state index in [2.05, 4.69) is 6.92 Å². The fourth-order valence-corrected chi connectivity index (χ4v) is 1.42. The fraction of sp³-hybridized carbons (Fsp3) is 0.875. The molecule has 1 aliphatic rings. The van der Waals surface area contributed by atoms with Gasteiger partial charge in [-0.05, 0) is 19.8 Å². The molecule has 0 bridgehead atoms. The van der Waals surface area contributed by atoms with Crippen LogP contribution in [-0.2, 0) is 9.53 Å². The molecule has 2 nitrogen and oxygen atoms in total. The standard InChI is InChI=1S/C8H14O2/c1-3-4-7-5-6(2)10-8(7)9/h6-7H,3-5H2,1-2H3/t6-,7?/m0/s1. The van der Waals surface area contributed by atoms with E-state index in [4.69, 9.17) is 4.74 Å². The third-order valence-corrected chi connectivity index (χ3v) is 1.90. The van der Waals surface area contributed by atoms with Gasteiger partial charge in [0.25, 0.3) is 0 Å². The van der Waals surface area contributed by atoms with Crippen LogP contribution >= 0.6 is 0 Å². The molecule has 0 aliphatic carbocycles. The molecule has 1 saturated heterocycles. The largest absolute Gasteiger partial charge is 0.462 e. The molecule has 1 fully saturated rings. The Labute approximate surface area is 61.6 Å². The van der Waals surface area contributed by atoms with Crippen molar-refractivity contribution in [3.05, 3.63) is 0 Å².